The summed E-state index contributed by atoms with van der Waals surface area (Å²) in [6.07, 6.45) is 3.91. The number of fused-ring (bicyclic) bond motifs is 4. The number of likely N-dealkylation sites (tertiary alicyclic amines) is 1. The number of hydrogen-bond donors (Lipinski definition) is 2. The fourth-order valence-corrected chi connectivity index (χ4v) is 9.42. The van der Waals surface area contributed by atoms with Gasteiger partial charge in [0.15, 0.2) is 0 Å². The maximum Gasteiger partial charge on any atom is 0.303 e. The molecule has 2 aliphatic carbocycles. The molecule has 49 heavy (non-hydrogen) atoms. The summed E-state index contributed by atoms with van der Waals surface area (Å²) in [6, 6.07) is 20.8. The van der Waals surface area contributed by atoms with E-state index in [4.69, 9.17) is 16.7 Å². The predicted octanol–water partition coefficient (Wildman–Crippen LogP) is 6.62. The molecule has 2 N–H and O–H groups in total. The Balaban J connectivity index is 1.37. The van der Waals surface area contributed by atoms with Crippen LogP contribution in [0.5, 0.6) is 5.75 Å². The van der Waals surface area contributed by atoms with E-state index in [0.717, 1.165) is 5.57 Å². The summed E-state index contributed by atoms with van der Waals surface area (Å²) >= 11 is 9.91. The Morgan fingerprint density at radius 1 is 0.898 bits per heavy atom. The zero-order chi connectivity index (χ0) is 34.6. The SMILES string of the molecule is O=C(O)CCCCCN1C(=O)C2CC=C3C(CC4C(=O)N(c5cccc(Cl)c5)C(=O)C4(c4ccccc4)C3c3cc(Br)ccc3O)C2C1=O. The highest BCUT2D eigenvalue weighted by molar-refractivity contribution is 9.10. The molecule has 2 aliphatic heterocycles. The second kappa shape index (κ2) is 12.9. The van der Waals surface area contributed by atoms with Gasteiger partial charge >= 0.3 is 5.97 Å². The first-order valence-electron chi connectivity index (χ1n) is 16.5. The van der Waals surface area contributed by atoms with Gasteiger partial charge in [-0.05, 0) is 73.6 Å². The topological polar surface area (TPSA) is 132 Å². The van der Waals surface area contributed by atoms with Gasteiger partial charge in [-0.15, -0.1) is 0 Å². The number of anilines is 1. The number of allylic oxidation sites excluding steroid dienone is 2. The molecule has 2 heterocycles. The summed E-state index contributed by atoms with van der Waals surface area (Å²) in [5, 5.41) is 20.8. The van der Waals surface area contributed by atoms with Crippen LogP contribution in [0.3, 0.4) is 0 Å². The maximum absolute atomic E-state index is 15.2. The molecule has 11 heteroatoms. The van der Waals surface area contributed by atoms with Crippen LogP contribution >= 0.6 is 27.5 Å². The van der Waals surface area contributed by atoms with E-state index in [1.54, 1.807) is 42.5 Å². The van der Waals surface area contributed by atoms with Crippen molar-refractivity contribution in [2.75, 3.05) is 11.4 Å². The fourth-order valence-electron chi connectivity index (χ4n) is 8.85. The normalized spacial score (nSPS) is 27.6. The van der Waals surface area contributed by atoms with Crippen LogP contribution in [0.25, 0.3) is 0 Å². The lowest BCUT2D eigenvalue weighted by molar-refractivity contribution is -0.141. The van der Waals surface area contributed by atoms with Crippen LogP contribution in [0.1, 0.15) is 55.6 Å². The number of nitrogens with zero attached hydrogens (tertiary/aromatic N) is 2. The lowest BCUT2D eigenvalue weighted by Crippen LogP contribution is -2.53. The number of aliphatic carboxylic acids is 1. The molecule has 1 saturated carbocycles. The number of aromatic hydroxyl groups is 1. The van der Waals surface area contributed by atoms with Crippen LogP contribution in [0, 0.1) is 23.7 Å². The van der Waals surface area contributed by atoms with E-state index in [9.17, 15) is 24.3 Å². The third-order valence-corrected chi connectivity index (χ3v) is 11.6. The number of carboxylic acids is 1. The number of phenolic OH excluding ortho intramolecular Hbond substituents is 1. The van der Waals surface area contributed by atoms with E-state index in [2.05, 4.69) is 15.9 Å². The first kappa shape index (κ1) is 33.2. The van der Waals surface area contributed by atoms with Gasteiger partial charge < -0.3 is 10.2 Å². The van der Waals surface area contributed by atoms with Crippen molar-refractivity contribution in [3.63, 3.8) is 0 Å². The highest BCUT2D eigenvalue weighted by atomic mass is 79.9. The number of benzene rings is 3. The highest BCUT2D eigenvalue weighted by Crippen LogP contribution is 2.65. The number of amides is 4. The molecule has 252 valence electrons. The third kappa shape index (κ3) is 5.31. The Kier molecular flexibility index (Phi) is 8.73. The van der Waals surface area contributed by atoms with E-state index in [1.165, 1.54) is 9.80 Å². The van der Waals surface area contributed by atoms with Crippen molar-refractivity contribution in [3.05, 3.63) is 105 Å². The van der Waals surface area contributed by atoms with Crippen molar-refractivity contribution < 1.29 is 34.2 Å². The number of rotatable bonds is 9. The molecule has 2 saturated heterocycles. The minimum absolute atomic E-state index is 0.0236. The molecule has 6 unspecified atom stereocenters. The van der Waals surface area contributed by atoms with E-state index >= 15 is 4.79 Å². The van der Waals surface area contributed by atoms with Gasteiger partial charge in [0.2, 0.25) is 23.6 Å². The molecule has 4 aliphatic rings. The van der Waals surface area contributed by atoms with Crippen molar-refractivity contribution in [3.8, 4) is 5.75 Å². The Hall–Kier alpha value is -4.28. The Bertz CT molecular complexity index is 1910. The molecule has 3 aromatic rings. The molecule has 7 rings (SSSR count). The second-order valence-corrected chi connectivity index (χ2v) is 14.7. The van der Waals surface area contributed by atoms with Gasteiger partial charge in [-0.25, -0.2) is 4.90 Å². The molecule has 0 radical (unpaired) electrons. The summed E-state index contributed by atoms with van der Waals surface area (Å²) in [6.45, 7) is 0.194. The standard InChI is InChI=1S/C38H34BrClN2O7/c39-22-13-16-30(43)28(18-22)33-25-14-15-26-32(36(48)41(34(26)46)17-6-2-5-12-31(44)45)27(25)20-29-35(47)42(24-11-7-10-23(40)19-24)37(49)38(29,33)21-8-3-1-4-9-21/h1,3-4,7-11,13-14,16,18-19,26-27,29,32-33,43H,2,5-6,12,15,17,20H2,(H,44,45). The molecule has 9 nitrogen and oxygen atoms in total. The zero-order valence-electron chi connectivity index (χ0n) is 26.4. The first-order valence-corrected chi connectivity index (χ1v) is 17.7. The molecule has 3 fully saturated rings. The average molecular weight is 746 g/mol. The van der Waals surface area contributed by atoms with Crippen molar-refractivity contribution >= 4 is 62.8 Å². The number of halogens is 2. The van der Waals surface area contributed by atoms with Crippen LogP contribution in [0.2, 0.25) is 5.02 Å². The number of unbranched alkanes of at least 4 members (excludes halogenated alkanes) is 2. The lowest BCUT2D eigenvalue weighted by Gasteiger charge is -2.50. The molecule has 6 atom stereocenters. The van der Waals surface area contributed by atoms with E-state index in [0.29, 0.717) is 45.6 Å². The molecular formula is C38H34BrClN2O7. The Labute approximate surface area is 296 Å². The Morgan fingerprint density at radius 3 is 2.41 bits per heavy atom. The number of carbonyl (C=O) groups excluding carboxylic acids is 4. The number of carboxylic acid groups (broad SMARTS) is 1. The van der Waals surface area contributed by atoms with Gasteiger partial charge in [0, 0.05) is 33.9 Å². The van der Waals surface area contributed by atoms with Gasteiger partial charge in [0.05, 0.1) is 28.9 Å². The van der Waals surface area contributed by atoms with Crippen molar-refractivity contribution in [2.45, 2.75) is 49.9 Å². The van der Waals surface area contributed by atoms with Crippen LogP contribution < -0.4 is 4.90 Å². The number of phenols is 1. The quantitative estimate of drug-likeness (QED) is 0.143. The van der Waals surface area contributed by atoms with Gasteiger partial charge in [-0.3, -0.25) is 28.9 Å². The second-order valence-electron chi connectivity index (χ2n) is 13.3. The molecule has 3 aromatic carbocycles. The summed E-state index contributed by atoms with van der Waals surface area (Å²) in [5.74, 6) is -6.06. The van der Waals surface area contributed by atoms with Crippen LogP contribution in [0.15, 0.2) is 88.9 Å². The smallest absolute Gasteiger partial charge is 0.303 e. The van der Waals surface area contributed by atoms with Gasteiger partial charge in [-0.2, -0.15) is 0 Å². The summed E-state index contributed by atoms with van der Waals surface area (Å²) < 4.78 is 0.668. The number of carbonyl (C=O) groups is 5. The Morgan fingerprint density at radius 2 is 1.67 bits per heavy atom. The average Bonchev–Trinajstić information content (AvgIpc) is 3.46. The summed E-state index contributed by atoms with van der Waals surface area (Å²) in [5.41, 5.74) is 0.668. The van der Waals surface area contributed by atoms with E-state index in [-0.39, 0.29) is 43.4 Å². The van der Waals surface area contributed by atoms with E-state index < -0.39 is 52.8 Å². The minimum Gasteiger partial charge on any atom is -0.508 e. The monoisotopic (exact) mass is 744 g/mol. The van der Waals surface area contributed by atoms with Crippen LogP contribution in [0.4, 0.5) is 5.69 Å². The third-order valence-electron chi connectivity index (χ3n) is 10.8. The first-order chi connectivity index (χ1) is 23.5. The summed E-state index contributed by atoms with van der Waals surface area (Å²) in [4.78, 5) is 71.4. The molecule has 0 spiro atoms. The van der Waals surface area contributed by atoms with E-state index in [1.807, 2.05) is 36.4 Å². The van der Waals surface area contributed by atoms with Crippen LogP contribution in [-0.4, -0.2) is 51.3 Å². The minimum atomic E-state index is -1.48. The van der Waals surface area contributed by atoms with Crippen molar-refractivity contribution in [2.24, 2.45) is 23.7 Å². The van der Waals surface area contributed by atoms with Gasteiger partial charge in [-0.1, -0.05) is 82.0 Å². The fraction of sp³-hybridized carbons (Fsp3) is 0.342. The number of hydrogen-bond acceptors (Lipinski definition) is 6. The molecule has 4 amide bonds. The maximum atomic E-state index is 15.2. The predicted molar refractivity (Wildman–Crippen MR) is 185 cm³/mol. The summed E-state index contributed by atoms with van der Waals surface area (Å²) in [7, 11) is 0. The number of imide groups is 2. The lowest BCUT2D eigenvalue weighted by atomic mass is 9.49. The van der Waals surface area contributed by atoms with Crippen LogP contribution in [-0.2, 0) is 29.4 Å². The zero-order valence-corrected chi connectivity index (χ0v) is 28.8. The highest BCUT2D eigenvalue weighted by Gasteiger charge is 2.70. The molecule has 0 bridgehead atoms. The van der Waals surface area contributed by atoms with Crippen molar-refractivity contribution in [1.29, 1.82) is 0 Å². The van der Waals surface area contributed by atoms with Crippen molar-refractivity contribution in [1.82, 2.24) is 4.90 Å². The van der Waals surface area contributed by atoms with Gasteiger partial charge in [0.25, 0.3) is 0 Å². The largest absolute Gasteiger partial charge is 0.508 e. The molecule has 0 aromatic heterocycles. The van der Waals surface area contributed by atoms with Gasteiger partial charge in [0.1, 0.15) is 5.75 Å². The molecular weight excluding hydrogens is 712 g/mol.